The van der Waals surface area contributed by atoms with Gasteiger partial charge in [-0.2, -0.15) is 4.31 Å². The standard InChI is InChI=1S/C16H18N4O3S2/c21-15-5-4-14(25(22,23)19-6-2-1-3-7-19)10-18(15)9-13-11-24-16-8-17-12-20(13)16/h4-5,8,10-12H,1-3,6-7,9H2. The normalized spacial score (nSPS) is 16.5. The smallest absolute Gasteiger partial charge is 0.250 e. The summed E-state index contributed by atoms with van der Waals surface area (Å²) in [5.41, 5.74) is 0.671. The van der Waals surface area contributed by atoms with Crippen molar-refractivity contribution >= 4 is 26.2 Å². The SMILES string of the molecule is O=c1ccc(S(=O)(=O)N2CCCCC2)cn1Cc1csc2cncn12. The van der Waals surface area contributed by atoms with Crippen molar-refractivity contribution < 1.29 is 8.42 Å². The topological polar surface area (TPSA) is 76.7 Å². The molecule has 1 fully saturated rings. The minimum atomic E-state index is -3.55. The van der Waals surface area contributed by atoms with Crippen LogP contribution in [0, 0.1) is 0 Å². The Kier molecular flexibility index (Phi) is 4.22. The molecule has 25 heavy (non-hydrogen) atoms. The van der Waals surface area contributed by atoms with Gasteiger partial charge in [0.1, 0.15) is 11.2 Å². The summed E-state index contributed by atoms with van der Waals surface area (Å²) in [6, 6.07) is 2.73. The zero-order valence-corrected chi connectivity index (χ0v) is 15.2. The molecule has 7 nitrogen and oxygen atoms in total. The first-order valence-electron chi connectivity index (χ1n) is 8.15. The van der Waals surface area contributed by atoms with Gasteiger partial charge in [-0.1, -0.05) is 6.42 Å². The van der Waals surface area contributed by atoms with E-state index in [0.717, 1.165) is 29.8 Å². The van der Waals surface area contributed by atoms with E-state index in [0.29, 0.717) is 19.6 Å². The molecule has 1 saturated heterocycles. The number of sulfonamides is 1. The third-order valence-corrected chi connectivity index (χ3v) is 7.29. The van der Waals surface area contributed by atoms with Crippen LogP contribution in [0.3, 0.4) is 0 Å². The Hall–Kier alpha value is -1.97. The molecule has 1 aliphatic heterocycles. The first-order chi connectivity index (χ1) is 12.1. The summed E-state index contributed by atoms with van der Waals surface area (Å²) >= 11 is 1.54. The Morgan fingerprint density at radius 2 is 1.96 bits per heavy atom. The molecule has 132 valence electrons. The molecule has 0 amide bonds. The van der Waals surface area contributed by atoms with Gasteiger partial charge in [-0.25, -0.2) is 13.4 Å². The van der Waals surface area contributed by atoms with E-state index < -0.39 is 10.0 Å². The Morgan fingerprint density at radius 3 is 2.76 bits per heavy atom. The fraction of sp³-hybridized carbons (Fsp3) is 0.375. The van der Waals surface area contributed by atoms with E-state index in [1.165, 1.54) is 38.5 Å². The highest BCUT2D eigenvalue weighted by Gasteiger charge is 2.26. The highest BCUT2D eigenvalue weighted by molar-refractivity contribution is 7.89. The van der Waals surface area contributed by atoms with E-state index in [9.17, 15) is 13.2 Å². The second-order valence-electron chi connectivity index (χ2n) is 6.12. The lowest BCUT2D eigenvalue weighted by atomic mass is 10.2. The summed E-state index contributed by atoms with van der Waals surface area (Å²) in [6.45, 7) is 1.39. The Labute approximate surface area is 149 Å². The number of nitrogens with zero attached hydrogens (tertiary/aromatic N) is 4. The van der Waals surface area contributed by atoms with Gasteiger partial charge in [-0.15, -0.1) is 11.3 Å². The molecule has 0 spiro atoms. The lowest BCUT2D eigenvalue weighted by Gasteiger charge is -2.26. The van der Waals surface area contributed by atoms with Gasteiger partial charge in [0.25, 0.3) is 5.56 Å². The summed E-state index contributed by atoms with van der Waals surface area (Å²) in [5, 5.41) is 1.95. The van der Waals surface area contributed by atoms with Gasteiger partial charge in [0.2, 0.25) is 10.0 Å². The van der Waals surface area contributed by atoms with Crippen LogP contribution in [0.15, 0.2) is 45.9 Å². The van der Waals surface area contributed by atoms with Crippen molar-refractivity contribution in [2.75, 3.05) is 13.1 Å². The molecular weight excluding hydrogens is 360 g/mol. The molecule has 3 aromatic heterocycles. The van der Waals surface area contributed by atoms with Crippen molar-refractivity contribution in [3.05, 3.63) is 52.3 Å². The third kappa shape index (κ3) is 3.03. The lowest BCUT2D eigenvalue weighted by Crippen LogP contribution is -2.36. The van der Waals surface area contributed by atoms with Crippen molar-refractivity contribution in [1.82, 2.24) is 18.3 Å². The largest absolute Gasteiger partial charge is 0.308 e. The number of hydrogen-bond acceptors (Lipinski definition) is 5. The average Bonchev–Trinajstić information content (AvgIpc) is 3.22. The van der Waals surface area contributed by atoms with Crippen molar-refractivity contribution in [3.8, 4) is 0 Å². The molecule has 0 bridgehead atoms. The molecule has 4 rings (SSSR count). The Balaban J connectivity index is 1.69. The van der Waals surface area contributed by atoms with Crippen molar-refractivity contribution in [2.24, 2.45) is 0 Å². The maximum atomic E-state index is 12.8. The number of fused-ring (bicyclic) bond motifs is 1. The molecule has 0 saturated carbocycles. The van der Waals surface area contributed by atoms with Crippen molar-refractivity contribution in [3.63, 3.8) is 0 Å². The number of aromatic nitrogens is 3. The second kappa shape index (κ2) is 6.40. The van der Waals surface area contributed by atoms with Crippen molar-refractivity contribution in [2.45, 2.75) is 30.7 Å². The molecule has 0 unspecified atom stereocenters. The van der Waals surface area contributed by atoms with E-state index in [4.69, 9.17) is 0 Å². The first kappa shape index (κ1) is 16.5. The lowest BCUT2D eigenvalue weighted by molar-refractivity contribution is 0.346. The van der Waals surface area contributed by atoms with Crippen LogP contribution < -0.4 is 5.56 Å². The molecule has 0 radical (unpaired) electrons. The van der Waals surface area contributed by atoms with Gasteiger partial charge < -0.3 is 4.57 Å². The van der Waals surface area contributed by atoms with Crippen LogP contribution in [-0.2, 0) is 16.6 Å². The molecule has 9 heteroatoms. The Bertz CT molecular complexity index is 1060. The number of imidazole rings is 1. The fourth-order valence-corrected chi connectivity index (χ4v) is 5.48. The fourth-order valence-electron chi connectivity index (χ4n) is 3.10. The Morgan fingerprint density at radius 1 is 1.16 bits per heavy atom. The van der Waals surface area contributed by atoms with Gasteiger partial charge in [0.05, 0.1) is 23.3 Å². The van der Waals surface area contributed by atoms with Gasteiger partial charge >= 0.3 is 0 Å². The summed E-state index contributed by atoms with van der Waals surface area (Å²) in [7, 11) is -3.55. The van der Waals surface area contributed by atoms with E-state index in [1.54, 1.807) is 12.5 Å². The number of rotatable bonds is 4. The van der Waals surface area contributed by atoms with Gasteiger partial charge in [0.15, 0.2) is 0 Å². The highest BCUT2D eigenvalue weighted by Crippen LogP contribution is 2.20. The monoisotopic (exact) mass is 378 g/mol. The number of hydrogen-bond donors (Lipinski definition) is 0. The van der Waals surface area contributed by atoms with E-state index in [1.807, 2.05) is 9.78 Å². The highest BCUT2D eigenvalue weighted by atomic mass is 32.2. The average molecular weight is 378 g/mol. The molecule has 4 heterocycles. The predicted molar refractivity (Wildman–Crippen MR) is 95.5 cm³/mol. The van der Waals surface area contributed by atoms with Crippen LogP contribution in [0.25, 0.3) is 4.83 Å². The molecular formula is C16H18N4O3S2. The van der Waals surface area contributed by atoms with Crippen LogP contribution in [-0.4, -0.2) is 39.8 Å². The van der Waals surface area contributed by atoms with Crippen LogP contribution in [0.1, 0.15) is 25.0 Å². The van der Waals surface area contributed by atoms with Crippen LogP contribution >= 0.6 is 11.3 Å². The molecule has 0 N–H and O–H groups in total. The first-order valence-corrected chi connectivity index (χ1v) is 10.5. The van der Waals surface area contributed by atoms with E-state index in [2.05, 4.69) is 4.98 Å². The third-order valence-electron chi connectivity index (χ3n) is 4.47. The zero-order valence-electron chi connectivity index (χ0n) is 13.5. The van der Waals surface area contributed by atoms with Gasteiger partial charge in [-0.3, -0.25) is 9.20 Å². The zero-order chi connectivity index (χ0) is 17.4. The molecule has 0 aromatic carbocycles. The second-order valence-corrected chi connectivity index (χ2v) is 8.95. The summed E-state index contributed by atoms with van der Waals surface area (Å²) in [5.74, 6) is 0. The summed E-state index contributed by atoms with van der Waals surface area (Å²) in [4.78, 5) is 17.5. The molecule has 0 atom stereocenters. The molecule has 0 aliphatic carbocycles. The van der Waals surface area contributed by atoms with Crippen molar-refractivity contribution in [1.29, 1.82) is 0 Å². The summed E-state index contributed by atoms with van der Waals surface area (Å²) in [6.07, 6.45) is 7.73. The maximum Gasteiger partial charge on any atom is 0.250 e. The van der Waals surface area contributed by atoms with E-state index in [-0.39, 0.29) is 10.5 Å². The van der Waals surface area contributed by atoms with Crippen LogP contribution in [0.5, 0.6) is 0 Å². The molecule has 1 aliphatic rings. The predicted octanol–water partition coefficient (Wildman–Crippen LogP) is 1.78. The van der Waals surface area contributed by atoms with Crippen LogP contribution in [0.2, 0.25) is 0 Å². The van der Waals surface area contributed by atoms with E-state index >= 15 is 0 Å². The minimum Gasteiger partial charge on any atom is -0.308 e. The van der Waals surface area contributed by atoms with Gasteiger partial charge in [-0.05, 0) is 18.9 Å². The maximum absolute atomic E-state index is 12.8. The quantitative estimate of drug-likeness (QED) is 0.693. The summed E-state index contributed by atoms with van der Waals surface area (Å²) < 4.78 is 30.5. The minimum absolute atomic E-state index is 0.172. The van der Waals surface area contributed by atoms with Crippen LogP contribution in [0.4, 0.5) is 0 Å². The number of pyridine rings is 1. The number of piperidine rings is 1. The van der Waals surface area contributed by atoms with Gasteiger partial charge in [0, 0.05) is 30.7 Å². The number of thiazole rings is 1. The molecule has 3 aromatic rings.